The van der Waals surface area contributed by atoms with Gasteiger partial charge in [0.2, 0.25) is 5.78 Å². The zero-order valence-electron chi connectivity index (χ0n) is 18.0. The fourth-order valence-corrected chi connectivity index (χ4v) is 4.20. The summed E-state index contributed by atoms with van der Waals surface area (Å²) in [7, 11) is 3.01. The molecule has 2 N–H and O–H groups in total. The monoisotopic (exact) mass is 471 g/mol. The third-order valence-electron chi connectivity index (χ3n) is 5.50. The van der Waals surface area contributed by atoms with Gasteiger partial charge in [0.15, 0.2) is 22.9 Å². The van der Waals surface area contributed by atoms with Gasteiger partial charge >= 0.3 is 0 Å². The lowest BCUT2D eigenvalue weighted by Crippen LogP contribution is -2.32. The molecule has 9 heteroatoms. The number of carbonyl (C=O) groups is 2. The number of ether oxygens (including phenoxy) is 2. The predicted molar refractivity (Wildman–Crippen MR) is 121 cm³/mol. The van der Waals surface area contributed by atoms with Gasteiger partial charge in [-0.25, -0.2) is 0 Å². The van der Waals surface area contributed by atoms with E-state index in [1.807, 2.05) is 0 Å². The number of benzene rings is 2. The van der Waals surface area contributed by atoms with Crippen LogP contribution in [0.25, 0.3) is 11.0 Å². The van der Waals surface area contributed by atoms with Crippen LogP contribution in [0.5, 0.6) is 11.5 Å². The van der Waals surface area contributed by atoms with Crippen molar-refractivity contribution in [2.75, 3.05) is 27.4 Å². The molecule has 1 atom stereocenters. The number of carbonyl (C=O) groups excluding carboxylic acids is 2. The standard InChI is InChI=1S/C24H22ClNO7/c1-31-9-3-8-26-20(13-4-6-16(27)7-5-13)19(22(29)24(26)30)21(28)17-11-14-10-15(25)12-18(32-2)23(14)33-17/h4-7,10-12,20,27,29H,3,8-9H2,1-2H3. The summed E-state index contributed by atoms with van der Waals surface area (Å²) in [6.07, 6.45) is 0.506. The van der Waals surface area contributed by atoms with Gasteiger partial charge in [-0.2, -0.15) is 0 Å². The fourth-order valence-electron chi connectivity index (χ4n) is 3.98. The third-order valence-corrected chi connectivity index (χ3v) is 5.71. The van der Waals surface area contributed by atoms with Gasteiger partial charge in [0.05, 0.1) is 18.7 Å². The molecule has 2 aromatic carbocycles. The number of Topliss-reactive ketones (excluding diaryl/α,β-unsaturated/α-hetero) is 1. The summed E-state index contributed by atoms with van der Waals surface area (Å²) in [5.74, 6) is -1.61. The summed E-state index contributed by atoms with van der Waals surface area (Å²) in [5, 5.41) is 21.4. The third kappa shape index (κ3) is 4.15. The van der Waals surface area contributed by atoms with Gasteiger partial charge in [0.1, 0.15) is 5.75 Å². The molecule has 1 amide bonds. The first-order valence-electron chi connectivity index (χ1n) is 10.2. The van der Waals surface area contributed by atoms with Crippen molar-refractivity contribution < 1.29 is 33.7 Å². The largest absolute Gasteiger partial charge is 0.508 e. The second-order valence-electron chi connectivity index (χ2n) is 7.57. The molecule has 0 saturated carbocycles. The van der Waals surface area contributed by atoms with Crippen LogP contribution in [0, 0.1) is 0 Å². The lowest BCUT2D eigenvalue weighted by atomic mass is 9.95. The van der Waals surface area contributed by atoms with Gasteiger partial charge in [-0.1, -0.05) is 23.7 Å². The molecular formula is C24H22ClNO7. The first-order valence-corrected chi connectivity index (χ1v) is 10.6. The van der Waals surface area contributed by atoms with Crippen LogP contribution in [-0.2, 0) is 9.53 Å². The minimum Gasteiger partial charge on any atom is -0.508 e. The number of amides is 1. The molecular weight excluding hydrogens is 450 g/mol. The second kappa shape index (κ2) is 9.17. The Morgan fingerprint density at radius 1 is 1.15 bits per heavy atom. The number of aromatic hydroxyl groups is 1. The summed E-state index contributed by atoms with van der Waals surface area (Å²) < 4.78 is 16.1. The Balaban J connectivity index is 1.79. The van der Waals surface area contributed by atoms with Crippen molar-refractivity contribution in [2.24, 2.45) is 0 Å². The van der Waals surface area contributed by atoms with Crippen LogP contribution in [0.3, 0.4) is 0 Å². The number of hydrogen-bond acceptors (Lipinski definition) is 7. The van der Waals surface area contributed by atoms with Crippen molar-refractivity contribution in [3.05, 3.63) is 70.1 Å². The van der Waals surface area contributed by atoms with E-state index in [0.29, 0.717) is 40.3 Å². The van der Waals surface area contributed by atoms with Crippen molar-refractivity contribution in [1.82, 2.24) is 4.90 Å². The molecule has 0 spiro atoms. The second-order valence-corrected chi connectivity index (χ2v) is 8.00. The Morgan fingerprint density at radius 3 is 2.55 bits per heavy atom. The van der Waals surface area contributed by atoms with Crippen molar-refractivity contribution >= 4 is 34.3 Å². The zero-order valence-corrected chi connectivity index (χ0v) is 18.8. The van der Waals surface area contributed by atoms with E-state index in [1.165, 1.54) is 30.2 Å². The molecule has 0 fully saturated rings. The van der Waals surface area contributed by atoms with Crippen molar-refractivity contribution in [2.45, 2.75) is 12.5 Å². The number of rotatable bonds is 8. The van der Waals surface area contributed by atoms with Crippen LogP contribution < -0.4 is 4.74 Å². The van der Waals surface area contributed by atoms with Crippen molar-refractivity contribution in [3.63, 3.8) is 0 Å². The first-order chi connectivity index (χ1) is 15.8. The molecule has 172 valence electrons. The summed E-state index contributed by atoms with van der Waals surface area (Å²) >= 11 is 6.12. The van der Waals surface area contributed by atoms with E-state index in [4.69, 9.17) is 25.5 Å². The molecule has 1 unspecified atom stereocenters. The Kier molecular flexibility index (Phi) is 6.31. The van der Waals surface area contributed by atoms with Crippen LogP contribution >= 0.6 is 11.6 Å². The Labute approximate surface area is 194 Å². The lowest BCUT2D eigenvalue weighted by molar-refractivity contribution is -0.129. The molecule has 4 rings (SSSR count). The molecule has 8 nitrogen and oxygen atoms in total. The highest BCUT2D eigenvalue weighted by atomic mass is 35.5. The van der Waals surface area contributed by atoms with E-state index < -0.39 is 23.5 Å². The highest BCUT2D eigenvalue weighted by Crippen LogP contribution is 2.41. The van der Waals surface area contributed by atoms with Gasteiger partial charge in [-0.05, 0) is 36.2 Å². The molecule has 0 aliphatic carbocycles. The maximum Gasteiger partial charge on any atom is 0.290 e. The Bertz CT molecular complexity index is 1250. The average molecular weight is 472 g/mol. The molecule has 0 saturated heterocycles. The molecule has 2 heterocycles. The SMILES string of the molecule is COCCCN1C(=O)C(O)=C(C(=O)c2cc3cc(Cl)cc(OC)c3o2)C1c1ccc(O)cc1. The number of ketones is 1. The number of fused-ring (bicyclic) bond motifs is 1. The van der Waals surface area contributed by atoms with Crippen LogP contribution in [0.2, 0.25) is 5.02 Å². The van der Waals surface area contributed by atoms with E-state index >= 15 is 0 Å². The van der Waals surface area contributed by atoms with Gasteiger partial charge in [-0.15, -0.1) is 0 Å². The van der Waals surface area contributed by atoms with Crippen molar-refractivity contribution in [1.29, 1.82) is 0 Å². The van der Waals surface area contributed by atoms with Gasteiger partial charge in [0.25, 0.3) is 5.91 Å². The quantitative estimate of drug-likeness (QED) is 0.369. The topological polar surface area (TPSA) is 109 Å². The number of methoxy groups -OCH3 is 2. The fraction of sp³-hybridized carbons (Fsp3) is 0.250. The first kappa shape index (κ1) is 22.7. The van der Waals surface area contributed by atoms with Crippen LogP contribution in [0.1, 0.15) is 28.6 Å². The molecule has 0 bridgehead atoms. The van der Waals surface area contributed by atoms with Crippen LogP contribution in [-0.4, -0.2) is 54.2 Å². The van der Waals surface area contributed by atoms with E-state index in [0.717, 1.165) is 0 Å². The maximum absolute atomic E-state index is 13.5. The minimum atomic E-state index is -0.860. The smallest absolute Gasteiger partial charge is 0.290 e. The Morgan fingerprint density at radius 2 is 1.88 bits per heavy atom. The number of hydrogen-bond donors (Lipinski definition) is 2. The van der Waals surface area contributed by atoms with Gasteiger partial charge in [-0.3, -0.25) is 9.59 Å². The minimum absolute atomic E-state index is 0.0383. The van der Waals surface area contributed by atoms with Crippen molar-refractivity contribution in [3.8, 4) is 11.5 Å². The maximum atomic E-state index is 13.5. The molecule has 1 aliphatic heterocycles. The molecule has 1 aliphatic rings. The predicted octanol–water partition coefficient (Wildman–Crippen LogP) is 4.42. The summed E-state index contributed by atoms with van der Waals surface area (Å²) in [6.45, 7) is 0.656. The summed E-state index contributed by atoms with van der Waals surface area (Å²) in [5.41, 5.74) is 0.780. The molecule has 3 aromatic rings. The lowest BCUT2D eigenvalue weighted by Gasteiger charge is -2.26. The average Bonchev–Trinajstić information content (AvgIpc) is 3.33. The molecule has 1 aromatic heterocycles. The molecule has 0 radical (unpaired) electrons. The van der Waals surface area contributed by atoms with E-state index in [2.05, 4.69) is 0 Å². The van der Waals surface area contributed by atoms with Crippen LogP contribution in [0.4, 0.5) is 0 Å². The summed E-state index contributed by atoms with van der Waals surface area (Å²) in [6, 6.07) is 9.95. The molecule has 33 heavy (non-hydrogen) atoms. The highest BCUT2D eigenvalue weighted by Gasteiger charge is 2.44. The van der Waals surface area contributed by atoms with Crippen LogP contribution in [0.15, 0.2) is 58.2 Å². The number of aliphatic hydroxyl groups is 1. The zero-order chi connectivity index (χ0) is 23.7. The number of nitrogens with zero attached hydrogens (tertiary/aromatic N) is 1. The normalized spacial score (nSPS) is 16.2. The number of phenols is 1. The van der Waals surface area contributed by atoms with E-state index in [-0.39, 0.29) is 23.6 Å². The van der Waals surface area contributed by atoms with Gasteiger partial charge in [0, 0.05) is 36.7 Å². The Hall–Kier alpha value is -3.49. The number of phenolic OH excluding ortho intramolecular Hbond substituents is 1. The number of aliphatic hydroxyl groups excluding tert-OH is 1. The highest BCUT2D eigenvalue weighted by molar-refractivity contribution is 6.31. The number of furan rings is 1. The summed E-state index contributed by atoms with van der Waals surface area (Å²) in [4.78, 5) is 27.9. The number of halogens is 1. The van der Waals surface area contributed by atoms with E-state index in [1.54, 1.807) is 31.4 Å². The van der Waals surface area contributed by atoms with E-state index in [9.17, 15) is 19.8 Å². The van der Waals surface area contributed by atoms with Gasteiger partial charge < -0.3 is 29.0 Å².